The number of nitro groups is 1. The fourth-order valence-electron chi connectivity index (χ4n) is 3.34. The molecule has 1 N–H and O–H groups in total. The number of benzene rings is 3. The van der Waals surface area contributed by atoms with Crippen molar-refractivity contribution in [3.8, 4) is 11.5 Å². The largest absolute Gasteiger partial charge is 0.497 e. The van der Waals surface area contributed by atoms with E-state index in [0.717, 1.165) is 5.56 Å². The smallest absolute Gasteiger partial charge is 0.269 e. The van der Waals surface area contributed by atoms with E-state index in [4.69, 9.17) is 9.47 Å². The minimum atomic E-state index is -0.695. The van der Waals surface area contributed by atoms with Gasteiger partial charge in [0.15, 0.2) is 11.9 Å². The maximum atomic E-state index is 13.2. The first-order valence-electron chi connectivity index (χ1n) is 9.01. The topological polar surface area (TPSA) is 90.7 Å². The summed E-state index contributed by atoms with van der Waals surface area (Å²) in [4.78, 5) is 23.6. The van der Waals surface area contributed by atoms with Gasteiger partial charge in [-0.3, -0.25) is 14.9 Å². The second kappa shape index (κ2) is 7.63. The van der Waals surface area contributed by atoms with E-state index in [-0.39, 0.29) is 11.5 Å². The van der Waals surface area contributed by atoms with E-state index >= 15 is 0 Å². The fourth-order valence-corrected chi connectivity index (χ4v) is 3.34. The van der Waals surface area contributed by atoms with Gasteiger partial charge in [0.25, 0.3) is 5.69 Å². The lowest BCUT2D eigenvalue weighted by atomic mass is 9.91. The third-order valence-corrected chi connectivity index (χ3v) is 4.84. The molecule has 7 nitrogen and oxygen atoms in total. The van der Waals surface area contributed by atoms with Crippen LogP contribution in [0.25, 0.3) is 0 Å². The summed E-state index contributed by atoms with van der Waals surface area (Å²) in [5.74, 6) is 1.13. The Morgan fingerprint density at radius 1 is 1.00 bits per heavy atom. The lowest BCUT2D eigenvalue weighted by molar-refractivity contribution is -0.384. The molecule has 1 aliphatic heterocycles. The van der Waals surface area contributed by atoms with Gasteiger partial charge in [0.2, 0.25) is 0 Å². The van der Waals surface area contributed by atoms with E-state index in [1.54, 1.807) is 37.4 Å². The van der Waals surface area contributed by atoms with Gasteiger partial charge in [-0.2, -0.15) is 0 Å². The van der Waals surface area contributed by atoms with Crippen molar-refractivity contribution < 1.29 is 19.2 Å². The number of fused-ring (bicyclic) bond motifs is 1. The van der Waals surface area contributed by atoms with Crippen molar-refractivity contribution in [2.75, 3.05) is 12.4 Å². The maximum Gasteiger partial charge on any atom is 0.269 e. The highest BCUT2D eigenvalue weighted by molar-refractivity contribution is 6.05. The second-order valence-electron chi connectivity index (χ2n) is 6.60. The first kappa shape index (κ1) is 18.5. The number of methoxy groups -OCH3 is 1. The first-order valence-corrected chi connectivity index (χ1v) is 9.01. The van der Waals surface area contributed by atoms with E-state index in [2.05, 4.69) is 5.32 Å². The Hall–Kier alpha value is -3.87. The van der Waals surface area contributed by atoms with Crippen LogP contribution in [0, 0.1) is 10.1 Å². The summed E-state index contributed by atoms with van der Waals surface area (Å²) in [5.41, 5.74) is 1.89. The zero-order valence-corrected chi connectivity index (χ0v) is 15.6. The highest BCUT2D eigenvalue weighted by Gasteiger charge is 2.38. The van der Waals surface area contributed by atoms with Crippen molar-refractivity contribution in [3.63, 3.8) is 0 Å². The molecule has 1 heterocycles. The molecular weight excluding hydrogens is 372 g/mol. The number of anilines is 1. The molecule has 0 bridgehead atoms. The van der Waals surface area contributed by atoms with Crippen LogP contribution < -0.4 is 14.8 Å². The molecule has 3 aromatic rings. The molecule has 0 aliphatic carbocycles. The van der Waals surface area contributed by atoms with Crippen LogP contribution in [0.1, 0.15) is 22.0 Å². The van der Waals surface area contributed by atoms with Crippen molar-refractivity contribution in [1.82, 2.24) is 0 Å². The van der Waals surface area contributed by atoms with Crippen LogP contribution in [0.3, 0.4) is 0 Å². The average molecular weight is 390 g/mol. The molecule has 0 saturated heterocycles. The average Bonchev–Trinajstić information content (AvgIpc) is 2.76. The molecule has 29 heavy (non-hydrogen) atoms. The number of carbonyl (C=O) groups excluding carboxylic acids is 1. The minimum absolute atomic E-state index is 0.0150. The Labute approximate surface area is 167 Å². The lowest BCUT2D eigenvalue weighted by Crippen LogP contribution is -2.42. The molecule has 146 valence electrons. The van der Waals surface area contributed by atoms with Gasteiger partial charge in [-0.25, -0.2) is 0 Å². The monoisotopic (exact) mass is 390 g/mol. The van der Waals surface area contributed by atoms with Gasteiger partial charge in [-0.1, -0.05) is 24.3 Å². The van der Waals surface area contributed by atoms with Gasteiger partial charge in [0, 0.05) is 17.8 Å². The molecule has 0 amide bonds. The normalized spacial score (nSPS) is 17.8. The maximum absolute atomic E-state index is 13.2. The van der Waals surface area contributed by atoms with Gasteiger partial charge in [0.1, 0.15) is 17.5 Å². The molecule has 2 atom stereocenters. The van der Waals surface area contributed by atoms with Gasteiger partial charge >= 0.3 is 0 Å². The number of nitro benzene ring substituents is 1. The second-order valence-corrected chi connectivity index (χ2v) is 6.60. The number of hydrogen-bond donors (Lipinski definition) is 1. The molecule has 3 aromatic carbocycles. The van der Waals surface area contributed by atoms with Crippen molar-refractivity contribution in [2.24, 2.45) is 0 Å². The quantitative estimate of drug-likeness (QED) is 0.513. The number of para-hydroxylation sites is 1. The molecule has 0 fully saturated rings. The molecule has 2 unspecified atom stereocenters. The van der Waals surface area contributed by atoms with Crippen LogP contribution in [0.15, 0.2) is 72.8 Å². The number of nitrogens with zero attached hydrogens (tertiary/aromatic N) is 1. The fraction of sp³-hybridized carbons (Fsp3) is 0.136. The third kappa shape index (κ3) is 3.62. The third-order valence-electron chi connectivity index (χ3n) is 4.84. The number of ketones is 1. The van der Waals surface area contributed by atoms with Gasteiger partial charge in [-0.15, -0.1) is 0 Å². The van der Waals surface area contributed by atoms with E-state index < -0.39 is 17.1 Å². The Morgan fingerprint density at radius 2 is 1.69 bits per heavy atom. The molecule has 0 aromatic heterocycles. The van der Waals surface area contributed by atoms with Crippen LogP contribution in [0.2, 0.25) is 0 Å². The van der Waals surface area contributed by atoms with E-state index in [1.165, 1.54) is 12.1 Å². The summed E-state index contributed by atoms with van der Waals surface area (Å²) in [5, 5.41) is 14.1. The Morgan fingerprint density at radius 3 is 2.34 bits per heavy atom. The first-order chi connectivity index (χ1) is 14.1. The van der Waals surface area contributed by atoms with Crippen LogP contribution >= 0.6 is 0 Å². The number of ether oxygens (including phenoxy) is 2. The van der Waals surface area contributed by atoms with Crippen LogP contribution in [-0.4, -0.2) is 23.9 Å². The van der Waals surface area contributed by atoms with Crippen molar-refractivity contribution in [1.29, 1.82) is 0 Å². The lowest BCUT2D eigenvalue weighted by Gasteiger charge is -2.33. The van der Waals surface area contributed by atoms with E-state index in [9.17, 15) is 14.9 Å². The zero-order valence-electron chi connectivity index (χ0n) is 15.6. The number of nitrogens with one attached hydrogen (secondary N) is 1. The summed E-state index contributed by atoms with van der Waals surface area (Å²) in [7, 11) is 1.59. The molecule has 0 radical (unpaired) electrons. The number of hydrogen-bond acceptors (Lipinski definition) is 6. The SMILES string of the molecule is COc1ccc(C2Oc3ccccc3C(=O)C2Nc2ccc([N+](=O)[O-])cc2)cc1. The van der Waals surface area contributed by atoms with Crippen molar-refractivity contribution in [2.45, 2.75) is 12.1 Å². The molecular formula is C22H18N2O5. The minimum Gasteiger partial charge on any atom is -0.497 e. The Balaban J connectivity index is 1.70. The van der Waals surface area contributed by atoms with Crippen LogP contribution in [0.4, 0.5) is 11.4 Å². The molecule has 0 saturated carbocycles. The number of non-ortho nitro benzene ring substituents is 1. The number of rotatable bonds is 5. The molecule has 1 aliphatic rings. The summed E-state index contributed by atoms with van der Waals surface area (Å²) in [6.07, 6.45) is -0.571. The zero-order chi connectivity index (χ0) is 20.4. The summed E-state index contributed by atoms with van der Waals surface area (Å²) < 4.78 is 11.4. The van der Waals surface area contributed by atoms with Crippen molar-refractivity contribution >= 4 is 17.2 Å². The van der Waals surface area contributed by atoms with E-state index in [1.807, 2.05) is 30.3 Å². The number of carbonyl (C=O) groups is 1. The van der Waals surface area contributed by atoms with Gasteiger partial charge < -0.3 is 14.8 Å². The predicted molar refractivity (Wildman–Crippen MR) is 108 cm³/mol. The molecule has 7 heteroatoms. The Bertz CT molecular complexity index is 1050. The summed E-state index contributed by atoms with van der Waals surface area (Å²) in [6, 6.07) is 19.7. The highest BCUT2D eigenvalue weighted by atomic mass is 16.6. The molecule has 4 rings (SSSR count). The molecule has 0 spiro atoms. The van der Waals surface area contributed by atoms with Crippen LogP contribution in [0.5, 0.6) is 11.5 Å². The van der Waals surface area contributed by atoms with Gasteiger partial charge in [0.05, 0.1) is 17.6 Å². The highest BCUT2D eigenvalue weighted by Crippen LogP contribution is 2.37. The Kier molecular flexibility index (Phi) is 4.87. The van der Waals surface area contributed by atoms with Crippen LogP contribution in [-0.2, 0) is 0 Å². The standard InChI is InChI=1S/C22H18N2O5/c1-28-17-12-6-14(7-13-17)22-20(21(25)18-4-2-3-5-19(18)29-22)23-15-8-10-16(11-9-15)24(26)27/h2-13,20,22-23H,1H3. The predicted octanol–water partition coefficient (Wildman–Crippen LogP) is 4.40. The van der Waals surface area contributed by atoms with Gasteiger partial charge in [-0.05, 0) is 42.0 Å². The van der Waals surface area contributed by atoms with E-state index in [0.29, 0.717) is 22.7 Å². The number of Topliss-reactive ketones (excluding diaryl/α,β-unsaturated/α-hetero) is 1. The summed E-state index contributed by atoms with van der Waals surface area (Å²) in [6.45, 7) is 0. The van der Waals surface area contributed by atoms with Crippen molar-refractivity contribution in [3.05, 3.63) is 94.0 Å². The summed E-state index contributed by atoms with van der Waals surface area (Å²) >= 11 is 0.